The lowest BCUT2D eigenvalue weighted by Crippen LogP contribution is -2.48. The highest BCUT2D eigenvalue weighted by Crippen LogP contribution is 2.24. The first kappa shape index (κ1) is 24.5. The van der Waals surface area contributed by atoms with Gasteiger partial charge in [-0.15, -0.1) is 0 Å². The van der Waals surface area contributed by atoms with Crippen LogP contribution in [0.4, 0.5) is 11.4 Å². The highest BCUT2D eigenvalue weighted by molar-refractivity contribution is 9.10. The molecular weight excluding hydrogens is 506 g/mol. The van der Waals surface area contributed by atoms with E-state index in [-0.39, 0.29) is 11.8 Å². The zero-order valence-corrected chi connectivity index (χ0v) is 21.4. The molecule has 0 bridgehead atoms. The molecule has 180 valence electrons. The number of methoxy groups -OCH3 is 1. The van der Waals surface area contributed by atoms with Crippen LogP contribution >= 0.6 is 15.9 Å². The normalized spacial score (nSPS) is 13.7. The van der Waals surface area contributed by atoms with Crippen LogP contribution in [0, 0.1) is 6.92 Å². The van der Waals surface area contributed by atoms with Gasteiger partial charge in [-0.25, -0.2) is 0 Å². The van der Waals surface area contributed by atoms with Crippen LogP contribution in [0.5, 0.6) is 5.75 Å². The van der Waals surface area contributed by atoms with E-state index in [1.165, 1.54) is 6.08 Å². The van der Waals surface area contributed by atoms with E-state index in [9.17, 15) is 9.59 Å². The van der Waals surface area contributed by atoms with Crippen LogP contribution in [0.3, 0.4) is 0 Å². The van der Waals surface area contributed by atoms with Crippen molar-refractivity contribution in [2.75, 3.05) is 43.5 Å². The number of carbonyl (C=O) groups is 2. The van der Waals surface area contributed by atoms with E-state index in [0.717, 1.165) is 45.6 Å². The van der Waals surface area contributed by atoms with Crippen LogP contribution in [-0.4, -0.2) is 50.0 Å². The number of hydrogen-bond donors (Lipinski definition) is 1. The summed E-state index contributed by atoms with van der Waals surface area (Å²) in [6, 6.07) is 21.1. The molecule has 4 rings (SSSR count). The van der Waals surface area contributed by atoms with E-state index in [1.807, 2.05) is 78.6 Å². The fourth-order valence-corrected chi connectivity index (χ4v) is 4.37. The van der Waals surface area contributed by atoms with E-state index < -0.39 is 0 Å². The number of carbonyl (C=O) groups excluding carboxylic acids is 2. The molecule has 3 aromatic rings. The Morgan fingerprint density at radius 1 is 0.943 bits per heavy atom. The third-order valence-corrected chi connectivity index (χ3v) is 6.46. The molecule has 1 N–H and O–H groups in total. The van der Waals surface area contributed by atoms with Crippen molar-refractivity contribution in [2.24, 2.45) is 0 Å². The number of aryl methyl sites for hydroxylation is 1. The average molecular weight is 534 g/mol. The SMILES string of the molecule is COc1ccc(Br)cc1/C=C/C(=O)Nc1ccc(N2CCN(C(=O)c3ccc(C)cc3)CC2)cc1. The summed E-state index contributed by atoms with van der Waals surface area (Å²) >= 11 is 3.44. The third-order valence-electron chi connectivity index (χ3n) is 5.97. The van der Waals surface area contributed by atoms with Crippen molar-refractivity contribution in [1.82, 2.24) is 4.90 Å². The first-order chi connectivity index (χ1) is 16.9. The van der Waals surface area contributed by atoms with E-state index in [0.29, 0.717) is 18.8 Å². The van der Waals surface area contributed by atoms with Gasteiger partial charge in [0.1, 0.15) is 5.75 Å². The Morgan fingerprint density at radius 3 is 2.29 bits per heavy atom. The summed E-state index contributed by atoms with van der Waals surface area (Å²) in [6.07, 6.45) is 3.22. The number of nitrogens with one attached hydrogen (secondary N) is 1. The molecule has 2 amide bonds. The maximum Gasteiger partial charge on any atom is 0.253 e. The summed E-state index contributed by atoms with van der Waals surface area (Å²) < 4.78 is 6.25. The second-order valence-electron chi connectivity index (χ2n) is 8.40. The lowest BCUT2D eigenvalue weighted by molar-refractivity contribution is -0.111. The molecule has 7 heteroatoms. The molecule has 0 aromatic heterocycles. The van der Waals surface area contributed by atoms with Crippen molar-refractivity contribution >= 4 is 45.2 Å². The van der Waals surface area contributed by atoms with E-state index >= 15 is 0 Å². The van der Waals surface area contributed by atoms with E-state index in [4.69, 9.17) is 4.74 Å². The molecule has 3 aromatic carbocycles. The number of halogens is 1. The minimum absolute atomic E-state index is 0.0799. The number of benzene rings is 3. The number of anilines is 2. The van der Waals surface area contributed by atoms with Crippen LogP contribution in [0.25, 0.3) is 6.08 Å². The van der Waals surface area contributed by atoms with Crippen LogP contribution < -0.4 is 15.0 Å². The van der Waals surface area contributed by atoms with Gasteiger partial charge in [-0.3, -0.25) is 9.59 Å². The number of ether oxygens (including phenoxy) is 1. The van der Waals surface area contributed by atoms with Gasteiger partial charge >= 0.3 is 0 Å². The Bertz CT molecular complexity index is 1220. The maximum absolute atomic E-state index is 12.8. The second-order valence-corrected chi connectivity index (χ2v) is 9.32. The van der Waals surface area contributed by atoms with Gasteiger partial charge in [0.05, 0.1) is 7.11 Å². The zero-order valence-electron chi connectivity index (χ0n) is 19.8. The summed E-state index contributed by atoms with van der Waals surface area (Å²) in [5.41, 5.74) is 4.48. The van der Waals surface area contributed by atoms with Crippen LogP contribution in [0.15, 0.2) is 77.3 Å². The van der Waals surface area contributed by atoms with Crippen molar-refractivity contribution in [3.05, 3.63) is 94.0 Å². The topological polar surface area (TPSA) is 61.9 Å². The number of rotatable bonds is 6. The molecular formula is C28H28BrN3O3. The van der Waals surface area contributed by atoms with Gasteiger partial charge in [0, 0.05) is 59.2 Å². The largest absolute Gasteiger partial charge is 0.496 e. The number of hydrogen-bond acceptors (Lipinski definition) is 4. The molecule has 6 nitrogen and oxygen atoms in total. The Balaban J connectivity index is 1.31. The molecule has 1 heterocycles. The molecule has 1 saturated heterocycles. The van der Waals surface area contributed by atoms with Crippen LogP contribution in [-0.2, 0) is 4.79 Å². The smallest absolute Gasteiger partial charge is 0.253 e. The van der Waals surface area contributed by atoms with Gasteiger partial charge in [-0.05, 0) is 67.6 Å². The summed E-state index contributed by atoms with van der Waals surface area (Å²) in [5, 5.41) is 2.89. The van der Waals surface area contributed by atoms with E-state index in [1.54, 1.807) is 13.2 Å². The standard InChI is InChI=1S/C28H28BrN3O3/c1-20-3-5-21(6-4-20)28(34)32-17-15-31(16-18-32)25-11-9-24(10-12-25)30-27(33)14-7-22-19-23(29)8-13-26(22)35-2/h3-14,19H,15-18H2,1-2H3,(H,30,33)/b14-7+. The Morgan fingerprint density at radius 2 is 1.63 bits per heavy atom. The molecule has 35 heavy (non-hydrogen) atoms. The maximum atomic E-state index is 12.8. The average Bonchev–Trinajstić information content (AvgIpc) is 2.88. The fourth-order valence-electron chi connectivity index (χ4n) is 3.99. The summed E-state index contributed by atoms with van der Waals surface area (Å²) in [5.74, 6) is 0.557. The quantitative estimate of drug-likeness (QED) is 0.432. The number of piperazine rings is 1. The van der Waals surface area contributed by atoms with Gasteiger partial charge in [0.25, 0.3) is 5.91 Å². The summed E-state index contributed by atoms with van der Waals surface area (Å²) in [7, 11) is 1.60. The van der Waals surface area contributed by atoms with Crippen molar-refractivity contribution in [3.8, 4) is 5.75 Å². The summed E-state index contributed by atoms with van der Waals surface area (Å²) in [6.45, 7) is 4.90. The lowest BCUT2D eigenvalue weighted by atomic mass is 10.1. The Kier molecular flexibility index (Phi) is 7.87. The van der Waals surface area contributed by atoms with Crippen LogP contribution in [0.2, 0.25) is 0 Å². The van der Waals surface area contributed by atoms with Gasteiger partial charge in [-0.2, -0.15) is 0 Å². The molecule has 0 aliphatic carbocycles. The third kappa shape index (κ3) is 6.31. The van der Waals surface area contributed by atoms with Crippen molar-refractivity contribution < 1.29 is 14.3 Å². The van der Waals surface area contributed by atoms with Gasteiger partial charge in [0.2, 0.25) is 5.91 Å². The number of nitrogens with zero attached hydrogens (tertiary/aromatic N) is 2. The molecule has 1 aliphatic heterocycles. The predicted octanol–water partition coefficient (Wildman–Crippen LogP) is 5.38. The minimum atomic E-state index is -0.219. The number of amides is 2. The zero-order chi connectivity index (χ0) is 24.8. The fraction of sp³-hybridized carbons (Fsp3) is 0.214. The molecule has 0 spiro atoms. The Labute approximate surface area is 214 Å². The highest BCUT2D eigenvalue weighted by atomic mass is 79.9. The minimum Gasteiger partial charge on any atom is -0.496 e. The second kappa shape index (κ2) is 11.2. The van der Waals surface area contributed by atoms with Crippen molar-refractivity contribution in [2.45, 2.75) is 6.92 Å². The van der Waals surface area contributed by atoms with Crippen molar-refractivity contribution in [1.29, 1.82) is 0 Å². The molecule has 0 saturated carbocycles. The molecule has 0 radical (unpaired) electrons. The monoisotopic (exact) mass is 533 g/mol. The molecule has 1 fully saturated rings. The first-order valence-electron chi connectivity index (χ1n) is 11.5. The molecule has 0 atom stereocenters. The van der Waals surface area contributed by atoms with Gasteiger partial charge < -0.3 is 19.9 Å². The van der Waals surface area contributed by atoms with Gasteiger partial charge in [-0.1, -0.05) is 33.6 Å². The van der Waals surface area contributed by atoms with E-state index in [2.05, 4.69) is 26.1 Å². The predicted molar refractivity (Wildman–Crippen MR) is 144 cm³/mol. The van der Waals surface area contributed by atoms with Gasteiger partial charge in [0.15, 0.2) is 0 Å². The molecule has 1 aliphatic rings. The van der Waals surface area contributed by atoms with Crippen LogP contribution in [0.1, 0.15) is 21.5 Å². The first-order valence-corrected chi connectivity index (χ1v) is 12.3. The highest BCUT2D eigenvalue weighted by Gasteiger charge is 2.22. The summed E-state index contributed by atoms with van der Waals surface area (Å²) in [4.78, 5) is 29.3. The van der Waals surface area contributed by atoms with Crippen molar-refractivity contribution in [3.63, 3.8) is 0 Å². The molecule has 0 unspecified atom stereocenters. The lowest BCUT2D eigenvalue weighted by Gasteiger charge is -2.36. The Hall–Kier alpha value is -3.58.